The Kier molecular flexibility index (Phi) is 3.79. The van der Waals surface area contributed by atoms with Gasteiger partial charge in [-0.2, -0.15) is 0 Å². The second kappa shape index (κ2) is 5.33. The number of rotatable bonds is 4. The first kappa shape index (κ1) is 12.8. The van der Waals surface area contributed by atoms with Crippen molar-refractivity contribution in [2.24, 2.45) is 5.73 Å². The third kappa shape index (κ3) is 2.60. The lowest BCUT2D eigenvalue weighted by Gasteiger charge is -2.12. The fraction of sp³-hybridized carbons (Fsp3) is 0.286. The van der Waals surface area contributed by atoms with Crippen molar-refractivity contribution in [3.8, 4) is 0 Å². The Balaban J connectivity index is 2.26. The maximum atomic E-state index is 13.0. The molecular weight excluding hydrogens is 233 g/mol. The van der Waals surface area contributed by atoms with Crippen molar-refractivity contribution in [2.45, 2.75) is 19.6 Å². The molecule has 0 saturated carbocycles. The van der Waals surface area contributed by atoms with E-state index < -0.39 is 6.04 Å². The normalized spacial score (nSPS) is 12.7. The van der Waals surface area contributed by atoms with Gasteiger partial charge >= 0.3 is 0 Å². The third-order valence-corrected chi connectivity index (χ3v) is 2.84. The quantitative estimate of drug-likeness (QED) is 0.906. The van der Waals surface area contributed by atoms with Crippen LogP contribution in [0.3, 0.4) is 0 Å². The van der Waals surface area contributed by atoms with Crippen LogP contribution in [0, 0.1) is 12.7 Å². The molecule has 0 bridgehead atoms. The smallest absolute Gasteiger partial charge is 0.129 e. The molecule has 0 amide bonds. The van der Waals surface area contributed by atoms with Crippen LogP contribution in [0.5, 0.6) is 0 Å². The molecule has 0 spiro atoms. The highest BCUT2D eigenvalue weighted by Gasteiger charge is 2.15. The number of aryl methyl sites for hydroxylation is 1. The van der Waals surface area contributed by atoms with Crippen molar-refractivity contribution < 1.29 is 13.5 Å². The molecule has 0 aliphatic rings. The molecule has 2 aromatic rings. The summed E-state index contributed by atoms with van der Waals surface area (Å²) in [5.74, 6) is 1.11. The van der Waals surface area contributed by atoms with E-state index in [2.05, 4.69) is 0 Å². The number of halogens is 1. The zero-order valence-corrected chi connectivity index (χ0v) is 10.4. The lowest BCUT2D eigenvalue weighted by Crippen LogP contribution is -2.12. The van der Waals surface area contributed by atoms with E-state index in [0.29, 0.717) is 12.4 Å². The van der Waals surface area contributed by atoms with E-state index in [-0.39, 0.29) is 5.82 Å². The van der Waals surface area contributed by atoms with Gasteiger partial charge in [0.25, 0.3) is 0 Å². The van der Waals surface area contributed by atoms with E-state index in [0.717, 1.165) is 16.9 Å². The maximum Gasteiger partial charge on any atom is 0.129 e. The topological polar surface area (TPSA) is 48.4 Å². The molecule has 0 fully saturated rings. The van der Waals surface area contributed by atoms with E-state index >= 15 is 0 Å². The molecule has 1 heterocycles. The molecule has 0 radical (unpaired) electrons. The van der Waals surface area contributed by atoms with Gasteiger partial charge in [-0.15, -0.1) is 0 Å². The standard InChI is InChI=1S/C14H16FNO2/c1-9-7-10(15)3-5-12(9)14(16)13-6-4-11(18-13)8-17-2/h3-7,14H,8,16H2,1-2H3. The Morgan fingerprint density at radius 2 is 2.11 bits per heavy atom. The molecule has 3 nitrogen and oxygen atoms in total. The fourth-order valence-electron chi connectivity index (χ4n) is 1.92. The minimum absolute atomic E-state index is 0.261. The Hall–Kier alpha value is -1.65. The molecule has 2 N–H and O–H groups in total. The average Bonchev–Trinajstić information content (AvgIpc) is 2.77. The van der Waals surface area contributed by atoms with E-state index in [1.165, 1.54) is 12.1 Å². The fourth-order valence-corrected chi connectivity index (χ4v) is 1.92. The lowest BCUT2D eigenvalue weighted by molar-refractivity contribution is 0.162. The second-order valence-electron chi connectivity index (χ2n) is 4.22. The summed E-state index contributed by atoms with van der Waals surface area (Å²) in [7, 11) is 1.60. The van der Waals surface area contributed by atoms with E-state index in [9.17, 15) is 4.39 Å². The summed E-state index contributed by atoms with van der Waals surface area (Å²) in [6, 6.07) is 7.82. The van der Waals surface area contributed by atoms with Gasteiger partial charge in [0, 0.05) is 7.11 Å². The number of furan rings is 1. The highest BCUT2D eigenvalue weighted by Crippen LogP contribution is 2.25. The molecule has 96 valence electrons. The average molecular weight is 249 g/mol. The van der Waals surface area contributed by atoms with Crippen LogP contribution in [-0.2, 0) is 11.3 Å². The number of nitrogens with two attached hydrogens (primary N) is 1. The van der Waals surface area contributed by atoms with Gasteiger partial charge in [-0.05, 0) is 42.3 Å². The first-order chi connectivity index (χ1) is 8.61. The summed E-state index contributed by atoms with van der Waals surface area (Å²) in [5, 5.41) is 0. The highest BCUT2D eigenvalue weighted by atomic mass is 19.1. The van der Waals surface area contributed by atoms with Crippen LogP contribution in [0.4, 0.5) is 4.39 Å². The zero-order valence-electron chi connectivity index (χ0n) is 10.4. The number of hydrogen-bond donors (Lipinski definition) is 1. The van der Waals surface area contributed by atoms with Gasteiger partial charge in [-0.1, -0.05) is 6.07 Å². The van der Waals surface area contributed by atoms with Crippen LogP contribution in [0.25, 0.3) is 0 Å². The van der Waals surface area contributed by atoms with Crippen molar-refractivity contribution >= 4 is 0 Å². The summed E-state index contributed by atoms with van der Waals surface area (Å²) in [4.78, 5) is 0. The predicted molar refractivity (Wildman–Crippen MR) is 66.6 cm³/mol. The molecular formula is C14H16FNO2. The third-order valence-electron chi connectivity index (χ3n) is 2.84. The van der Waals surface area contributed by atoms with Gasteiger partial charge in [0.2, 0.25) is 0 Å². The Bertz CT molecular complexity index is 536. The van der Waals surface area contributed by atoms with Gasteiger partial charge < -0.3 is 14.9 Å². The predicted octanol–water partition coefficient (Wildman–Crippen LogP) is 2.92. The van der Waals surface area contributed by atoms with Gasteiger partial charge in [0.1, 0.15) is 23.9 Å². The Morgan fingerprint density at radius 1 is 1.33 bits per heavy atom. The van der Waals surface area contributed by atoms with Crippen LogP contribution in [-0.4, -0.2) is 7.11 Å². The van der Waals surface area contributed by atoms with Crippen LogP contribution in [0.15, 0.2) is 34.7 Å². The van der Waals surface area contributed by atoms with Gasteiger partial charge in [0.05, 0.1) is 6.04 Å². The number of ether oxygens (including phenoxy) is 1. The molecule has 18 heavy (non-hydrogen) atoms. The van der Waals surface area contributed by atoms with Gasteiger partial charge in [-0.25, -0.2) is 4.39 Å². The Morgan fingerprint density at radius 3 is 2.78 bits per heavy atom. The zero-order chi connectivity index (χ0) is 13.1. The summed E-state index contributed by atoms with van der Waals surface area (Å²) < 4.78 is 23.6. The largest absolute Gasteiger partial charge is 0.462 e. The van der Waals surface area contributed by atoms with Crippen molar-refractivity contribution in [3.05, 3.63) is 58.8 Å². The number of methoxy groups -OCH3 is 1. The van der Waals surface area contributed by atoms with Crippen molar-refractivity contribution in [1.82, 2.24) is 0 Å². The molecule has 1 unspecified atom stereocenters. The molecule has 1 atom stereocenters. The highest BCUT2D eigenvalue weighted by molar-refractivity contribution is 5.34. The molecule has 0 aliphatic carbocycles. The molecule has 0 saturated heterocycles. The number of benzene rings is 1. The molecule has 4 heteroatoms. The van der Waals surface area contributed by atoms with Gasteiger partial charge in [-0.3, -0.25) is 0 Å². The minimum Gasteiger partial charge on any atom is -0.462 e. The first-order valence-corrected chi connectivity index (χ1v) is 5.71. The monoisotopic (exact) mass is 249 g/mol. The van der Waals surface area contributed by atoms with Crippen LogP contribution >= 0.6 is 0 Å². The molecule has 1 aromatic heterocycles. The minimum atomic E-state index is -0.392. The summed E-state index contributed by atoms with van der Waals surface area (Å²) in [5.41, 5.74) is 7.79. The summed E-state index contributed by atoms with van der Waals surface area (Å²) >= 11 is 0. The van der Waals surface area contributed by atoms with Crippen LogP contribution < -0.4 is 5.73 Å². The van der Waals surface area contributed by atoms with Gasteiger partial charge in [0.15, 0.2) is 0 Å². The molecule has 1 aromatic carbocycles. The first-order valence-electron chi connectivity index (χ1n) is 5.71. The van der Waals surface area contributed by atoms with E-state index in [1.807, 2.05) is 19.1 Å². The van der Waals surface area contributed by atoms with Crippen LogP contribution in [0.1, 0.15) is 28.7 Å². The van der Waals surface area contributed by atoms with Crippen LogP contribution in [0.2, 0.25) is 0 Å². The molecule has 2 rings (SSSR count). The van der Waals surface area contributed by atoms with Crippen molar-refractivity contribution in [1.29, 1.82) is 0 Å². The maximum absolute atomic E-state index is 13.0. The molecule has 0 aliphatic heterocycles. The number of hydrogen-bond acceptors (Lipinski definition) is 3. The van der Waals surface area contributed by atoms with Crippen molar-refractivity contribution in [3.63, 3.8) is 0 Å². The summed E-state index contributed by atoms with van der Waals surface area (Å²) in [6.45, 7) is 2.24. The second-order valence-corrected chi connectivity index (χ2v) is 4.22. The SMILES string of the molecule is COCc1ccc(C(N)c2ccc(F)cc2C)o1. The van der Waals surface area contributed by atoms with E-state index in [1.54, 1.807) is 13.2 Å². The van der Waals surface area contributed by atoms with E-state index in [4.69, 9.17) is 14.9 Å². The lowest BCUT2D eigenvalue weighted by atomic mass is 10.0. The van der Waals surface area contributed by atoms with Crippen molar-refractivity contribution in [2.75, 3.05) is 7.11 Å². The summed E-state index contributed by atoms with van der Waals surface area (Å²) in [6.07, 6.45) is 0. The Labute approximate surface area is 105 Å².